The summed E-state index contributed by atoms with van der Waals surface area (Å²) in [6.45, 7) is 8.55. The molecule has 0 atom stereocenters. The smallest absolute Gasteiger partial charge is 0.232 e. The molecule has 0 unspecified atom stereocenters. The van der Waals surface area contributed by atoms with Crippen LogP contribution in [0.1, 0.15) is 52.0 Å². The van der Waals surface area contributed by atoms with E-state index in [-0.39, 0.29) is 5.41 Å². The number of benzene rings is 1. The van der Waals surface area contributed by atoms with E-state index in [1.165, 1.54) is 23.3 Å². The Bertz CT molecular complexity index is 453. The molecule has 0 aliphatic carbocycles. The minimum Gasteiger partial charge on any atom is -0.342 e. The summed E-state index contributed by atoms with van der Waals surface area (Å²) in [5, 5.41) is 0. The standard InChI is InChI=1S/C18H27NOS/c1-18(2,3)15-8-10-16(11-9-15)21-14-17(20)19-12-6-4-5-7-13-19/h8-11H,4-7,12-14H2,1-3H3. The van der Waals surface area contributed by atoms with Gasteiger partial charge in [0.25, 0.3) is 0 Å². The number of amides is 1. The van der Waals surface area contributed by atoms with E-state index in [9.17, 15) is 4.79 Å². The van der Waals surface area contributed by atoms with Crippen LogP contribution in [0.25, 0.3) is 0 Å². The van der Waals surface area contributed by atoms with Crippen molar-refractivity contribution in [1.29, 1.82) is 0 Å². The lowest BCUT2D eigenvalue weighted by Gasteiger charge is -2.20. The van der Waals surface area contributed by atoms with Crippen LogP contribution in [0.4, 0.5) is 0 Å². The zero-order valence-electron chi connectivity index (χ0n) is 13.5. The number of nitrogens with zero attached hydrogens (tertiary/aromatic N) is 1. The van der Waals surface area contributed by atoms with Gasteiger partial charge in [-0.1, -0.05) is 45.7 Å². The Morgan fingerprint density at radius 1 is 1.05 bits per heavy atom. The maximum Gasteiger partial charge on any atom is 0.232 e. The summed E-state index contributed by atoms with van der Waals surface area (Å²) < 4.78 is 0. The molecule has 1 aliphatic rings. The van der Waals surface area contributed by atoms with Gasteiger partial charge in [0, 0.05) is 18.0 Å². The number of hydrogen-bond donors (Lipinski definition) is 0. The number of hydrogen-bond acceptors (Lipinski definition) is 2. The third kappa shape index (κ3) is 5.06. The topological polar surface area (TPSA) is 20.3 Å². The molecule has 1 fully saturated rings. The highest BCUT2D eigenvalue weighted by Gasteiger charge is 2.16. The van der Waals surface area contributed by atoms with Gasteiger partial charge in [-0.05, 0) is 36.0 Å². The van der Waals surface area contributed by atoms with Gasteiger partial charge >= 0.3 is 0 Å². The van der Waals surface area contributed by atoms with Gasteiger partial charge < -0.3 is 4.90 Å². The summed E-state index contributed by atoms with van der Waals surface area (Å²) in [7, 11) is 0. The zero-order valence-corrected chi connectivity index (χ0v) is 14.3. The van der Waals surface area contributed by atoms with Crippen molar-refractivity contribution in [3.05, 3.63) is 29.8 Å². The molecular formula is C18H27NOS. The lowest BCUT2D eigenvalue weighted by atomic mass is 9.87. The number of carbonyl (C=O) groups excluding carboxylic acids is 1. The van der Waals surface area contributed by atoms with Gasteiger partial charge in [-0.3, -0.25) is 4.79 Å². The van der Waals surface area contributed by atoms with E-state index in [2.05, 4.69) is 45.0 Å². The maximum absolute atomic E-state index is 12.3. The fourth-order valence-corrected chi connectivity index (χ4v) is 3.41. The molecule has 0 bridgehead atoms. The Labute approximate surface area is 133 Å². The maximum atomic E-state index is 12.3. The van der Waals surface area contributed by atoms with Crippen molar-refractivity contribution in [1.82, 2.24) is 4.90 Å². The zero-order chi connectivity index (χ0) is 15.3. The minimum absolute atomic E-state index is 0.186. The lowest BCUT2D eigenvalue weighted by Crippen LogP contribution is -2.33. The Kier molecular flexibility index (Phi) is 5.74. The van der Waals surface area contributed by atoms with Crippen molar-refractivity contribution >= 4 is 17.7 Å². The second-order valence-electron chi connectivity index (χ2n) is 6.86. The second-order valence-corrected chi connectivity index (χ2v) is 7.91. The Hall–Kier alpha value is -0.960. The summed E-state index contributed by atoms with van der Waals surface area (Å²) in [6, 6.07) is 8.64. The molecule has 1 amide bonds. The molecule has 1 heterocycles. The van der Waals surface area contributed by atoms with Crippen molar-refractivity contribution in [3.63, 3.8) is 0 Å². The third-order valence-electron chi connectivity index (χ3n) is 4.04. The first kappa shape index (κ1) is 16.4. The van der Waals surface area contributed by atoms with Crippen LogP contribution >= 0.6 is 11.8 Å². The molecule has 1 aromatic rings. The van der Waals surface area contributed by atoms with E-state index >= 15 is 0 Å². The van der Waals surface area contributed by atoms with E-state index in [4.69, 9.17) is 0 Å². The SMILES string of the molecule is CC(C)(C)c1ccc(SCC(=O)N2CCCCCC2)cc1. The Balaban J connectivity index is 1.86. The van der Waals surface area contributed by atoms with Crippen LogP contribution in [0.2, 0.25) is 0 Å². The summed E-state index contributed by atoms with van der Waals surface area (Å²) in [5.74, 6) is 0.858. The van der Waals surface area contributed by atoms with Crippen LogP contribution in [0.5, 0.6) is 0 Å². The molecule has 21 heavy (non-hydrogen) atoms. The normalized spacial score (nSPS) is 16.6. The van der Waals surface area contributed by atoms with Gasteiger partial charge in [-0.2, -0.15) is 0 Å². The molecule has 2 nitrogen and oxygen atoms in total. The highest BCUT2D eigenvalue weighted by molar-refractivity contribution is 8.00. The number of likely N-dealkylation sites (tertiary alicyclic amines) is 1. The first-order valence-electron chi connectivity index (χ1n) is 7.98. The molecule has 0 N–H and O–H groups in total. The van der Waals surface area contributed by atoms with E-state index in [1.807, 2.05) is 4.90 Å². The van der Waals surface area contributed by atoms with E-state index in [0.717, 1.165) is 25.9 Å². The number of thioether (sulfide) groups is 1. The van der Waals surface area contributed by atoms with Crippen LogP contribution in [0, 0.1) is 0 Å². The van der Waals surface area contributed by atoms with E-state index in [0.29, 0.717) is 11.7 Å². The molecule has 1 aromatic carbocycles. The fourth-order valence-electron chi connectivity index (χ4n) is 2.61. The average molecular weight is 305 g/mol. The predicted octanol–water partition coefficient (Wildman–Crippen LogP) is 4.48. The summed E-state index contributed by atoms with van der Waals surface area (Å²) >= 11 is 1.66. The largest absolute Gasteiger partial charge is 0.342 e. The number of carbonyl (C=O) groups is 1. The van der Waals surface area contributed by atoms with E-state index in [1.54, 1.807) is 11.8 Å². The lowest BCUT2D eigenvalue weighted by molar-refractivity contribution is -0.128. The predicted molar refractivity (Wildman–Crippen MR) is 90.9 cm³/mol. The second kappa shape index (κ2) is 7.35. The third-order valence-corrected chi connectivity index (χ3v) is 5.04. The monoisotopic (exact) mass is 305 g/mol. The molecule has 1 saturated heterocycles. The number of rotatable bonds is 3. The molecule has 1 aliphatic heterocycles. The van der Waals surface area contributed by atoms with Gasteiger partial charge in [0.15, 0.2) is 0 Å². The van der Waals surface area contributed by atoms with Gasteiger partial charge in [0.1, 0.15) is 0 Å². The van der Waals surface area contributed by atoms with Crippen LogP contribution in [-0.4, -0.2) is 29.6 Å². The van der Waals surface area contributed by atoms with Crippen LogP contribution in [-0.2, 0) is 10.2 Å². The van der Waals surface area contributed by atoms with Crippen molar-refractivity contribution in [2.75, 3.05) is 18.8 Å². The van der Waals surface area contributed by atoms with Gasteiger partial charge in [0.2, 0.25) is 5.91 Å². The van der Waals surface area contributed by atoms with Crippen molar-refractivity contribution in [2.45, 2.75) is 56.8 Å². The van der Waals surface area contributed by atoms with Gasteiger partial charge in [-0.15, -0.1) is 11.8 Å². The highest BCUT2D eigenvalue weighted by Crippen LogP contribution is 2.26. The Morgan fingerprint density at radius 2 is 1.62 bits per heavy atom. The quantitative estimate of drug-likeness (QED) is 0.767. The van der Waals surface area contributed by atoms with Gasteiger partial charge in [0.05, 0.1) is 5.75 Å². The molecule has 0 radical (unpaired) electrons. The molecule has 0 spiro atoms. The van der Waals surface area contributed by atoms with E-state index < -0.39 is 0 Å². The first-order chi connectivity index (χ1) is 9.97. The minimum atomic E-state index is 0.186. The average Bonchev–Trinajstić information content (AvgIpc) is 2.73. The molecule has 0 aromatic heterocycles. The summed E-state index contributed by atoms with van der Waals surface area (Å²) in [6.07, 6.45) is 4.86. The first-order valence-corrected chi connectivity index (χ1v) is 8.96. The van der Waals surface area contributed by atoms with Gasteiger partial charge in [-0.25, -0.2) is 0 Å². The van der Waals surface area contributed by atoms with Crippen LogP contribution in [0.15, 0.2) is 29.2 Å². The van der Waals surface area contributed by atoms with Crippen LogP contribution < -0.4 is 0 Å². The van der Waals surface area contributed by atoms with Crippen molar-refractivity contribution in [2.24, 2.45) is 0 Å². The van der Waals surface area contributed by atoms with Crippen molar-refractivity contribution < 1.29 is 4.79 Å². The molecule has 2 rings (SSSR count). The molecule has 116 valence electrons. The summed E-state index contributed by atoms with van der Waals surface area (Å²) in [5.41, 5.74) is 1.52. The molecule has 0 saturated carbocycles. The fraction of sp³-hybridized carbons (Fsp3) is 0.611. The van der Waals surface area contributed by atoms with Crippen LogP contribution in [0.3, 0.4) is 0 Å². The van der Waals surface area contributed by atoms with Crippen molar-refractivity contribution in [3.8, 4) is 0 Å². The highest BCUT2D eigenvalue weighted by atomic mass is 32.2. The summed E-state index contributed by atoms with van der Waals surface area (Å²) in [4.78, 5) is 15.5. The molecular weight excluding hydrogens is 278 g/mol. The molecule has 3 heteroatoms. The Morgan fingerprint density at radius 3 is 2.14 bits per heavy atom.